The summed E-state index contributed by atoms with van der Waals surface area (Å²) in [6.45, 7) is 3.81. The standard InChI is InChI=1S/C22H28N6O/c29-20(26-13-5-1-6-14-26)12-11-19-24-25-22-21(27-15-7-2-8-16-27)23-17-9-3-4-10-18(17)28(19)22/h3-4,9-10H,1-2,5-8,11-16H2. The molecule has 29 heavy (non-hydrogen) atoms. The van der Waals surface area contributed by atoms with E-state index in [1.54, 1.807) is 0 Å². The van der Waals surface area contributed by atoms with Crippen LogP contribution in [0.25, 0.3) is 16.7 Å². The molecule has 0 unspecified atom stereocenters. The third kappa shape index (κ3) is 3.54. The van der Waals surface area contributed by atoms with Gasteiger partial charge < -0.3 is 9.80 Å². The Morgan fingerprint density at radius 2 is 1.62 bits per heavy atom. The van der Waals surface area contributed by atoms with Crippen molar-refractivity contribution in [2.24, 2.45) is 0 Å². The van der Waals surface area contributed by atoms with Gasteiger partial charge in [0.25, 0.3) is 0 Å². The molecule has 3 aromatic rings. The fourth-order valence-electron chi connectivity index (χ4n) is 4.63. The van der Waals surface area contributed by atoms with Crippen molar-refractivity contribution in [2.45, 2.75) is 51.4 Å². The van der Waals surface area contributed by atoms with Gasteiger partial charge in [0.2, 0.25) is 11.6 Å². The van der Waals surface area contributed by atoms with E-state index in [1.165, 1.54) is 25.7 Å². The van der Waals surface area contributed by atoms with Crippen LogP contribution in [0.15, 0.2) is 24.3 Å². The molecule has 2 aromatic heterocycles. The number of amides is 1. The van der Waals surface area contributed by atoms with E-state index in [9.17, 15) is 4.79 Å². The second-order valence-electron chi connectivity index (χ2n) is 8.19. The molecule has 0 N–H and O–H groups in total. The predicted octanol–water partition coefficient (Wildman–Crippen LogP) is 3.21. The van der Waals surface area contributed by atoms with Crippen molar-refractivity contribution in [2.75, 3.05) is 31.1 Å². The molecule has 1 aromatic carbocycles. The zero-order valence-electron chi connectivity index (χ0n) is 16.9. The van der Waals surface area contributed by atoms with Gasteiger partial charge in [-0.15, -0.1) is 10.2 Å². The SMILES string of the molecule is O=C(CCc1nnc2c(N3CCCCC3)nc3ccccc3n12)N1CCCCC1. The highest BCUT2D eigenvalue weighted by molar-refractivity contribution is 5.83. The van der Waals surface area contributed by atoms with Gasteiger partial charge in [-0.05, 0) is 50.7 Å². The quantitative estimate of drug-likeness (QED) is 0.682. The van der Waals surface area contributed by atoms with Crippen LogP contribution < -0.4 is 4.90 Å². The Balaban J connectivity index is 1.49. The lowest BCUT2D eigenvalue weighted by molar-refractivity contribution is -0.132. The molecule has 2 aliphatic rings. The van der Waals surface area contributed by atoms with Gasteiger partial charge in [0.1, 0.15) is 5.82 Å². The van der Waals surface area contributed by atoms with Crippen LogP contribution in [0, 0.1) is 0 Å². The van der Waals surface area contributed by atoms with E-state index in [0.29, 0.717) is 12.8 Å². The predicted molar refractivity (Wildman–Crippen MR) is 113 cm³/mol. The molecule has 2 aliphatic heterocycles. The van der Waals surface area contributed by atoms with E-state index in [1.807, 2.05) is 23.1 Å². The lowest BCUT2D eigenvalue weighted by Gasteiger charge is -2.28. The largest absolute Gasteiger partial charge is 0.353 e. The molecule has 4 heterocycles. The highest BCUT2D eigenvalue weighted by atomic mass is 16.2. The fraction of sp³-hybridized carbons (Fsp3) is 0.545. The Morgan fingerprint density at radius 3 is 2.41 bits per heavy atom. The highest BCUT2D eigenvalue weighted by Gasteiger charge is 2.22. The second-order valence-corrected chi connectivity index (χ2v) is 8.19. The maximum absolute atomic E-state index is 12.7. The number of benzene rings is 1. The van der Waals surface area contributed by atoms with Crippen LogP contribution in [0.4, 0.5) is 5.82 Å². The molecule has 0 spiro atoms. The molecule has 1 amide bonds. The molecule has 152 valence electrons. The molecule has 2 saturated heterocycles. The van der Waals surface area contributed by atoms with Gasteiger partial charge in [0.15, 0.2) is 5.82 Å². The summed E-state index contributed by atoms with van der Waals surface area (Å²) in [6, 6.07) is 8.15. The summed E-state index contributed by atoms with van der Waals surface area (Å²) >= 11 is 0. The monoisotopic (exact) mass is 392 g/mol. The maximum atomic E-state index is 12.7. The Labute approximate surface area is 170 Å². The van der Waals surface area contributed by atoms with Crippen LogP contribution in [0.2, 0.25) is 0 Å². The first-order chi connectivity index (χ1) is 14.3. The van der Waals surface area contributed by atoms with E-state index in [2.05, 4.69) is 25.6 Å². The first-order valence-electron chi connectivity index (χ1n) is 11.0. The molecule has 5 rings (SSSR count). The number of carbonyl (C=O) groups is 1. The highest BCUT2D eigenvalue weighted by Crippen LogP contribution is 2.27. The molecule has 2 fully saturated rings. The Kier molecular flexibility index (Phi) is 5.04. The van der Waals surface area contributed by atoms with Crippen molar-refractivity contribution in [1.82, 2.24) is 24.5 Å². The Hall–Kier alpha value is -2.70. The number of hydrogen-bond acceptors (Lipinski definition) is 5. The van der Waals surface area contributed by atoms with Crippen LogP contribution in [0.5, 0.6) is 0 Å². The first-order valence-corrected chi connectivity index (χ1v) is 11.0. The van der Waals surface area contributed by atoms with E-state index >= 15 is 0 Å². The average Bonchev–Trinajstić information content (AvgIpc) is 3.22. The topological polar surface area (TPSA) is 66.6 Å². The van der Waals surface area contributed by atoms with Gasteiger partial charge in [0.05, 0.1) is 11.0 Å². The third-order valence-electron chi connectivity index (χ3n) is 6.21. The summed E-state index contributed by atoms with van der Waals surface area (Å²) < 4.78 is 2.12. The number of anilines is 1. The second kappa shape index (κ2) is 7.97. The van der Waals surface area contributed by atoms with Crippen molar-refractivity contribution in [3.05, 3.63) is 30.1 Å². The number of aryl methyl sites for hydroxylation is 1. The minimum Gasteiger partial charge on any atom is -0.353 e. The zero-order chi connectivity index (χ0) is 19.6. The van der Waals surface area contributed by atoms with Gasteiger partial charge in [-0.1, -0.05) is 12.1 Å². The lowest BCUT2D eigenvalue weighted by atomic mass is 10.1. The van der Waals surface area contributed by atoms with Crippen LogP contribution in [-0.2, 0) is 11.2 Å². The molecule has 7 nitrogen and oxygen atoms in total. The molecule has 0 bridgehead atoms. The maximum Gasteiger partial charge on any atom is 0.223 e. The number of fused-ring (bicyclic) bond motifs is 3. The van der Waals surface area contributed by atoms with Gasteiger partial charge in [-0.3, -0.25) is 9.20 Å². The number of aromatic nitrogens is 4. The summed E-state index contributed by atoms with van der Waals surface area (Å²) in [5.41, 5.74) is 2.77. The number of para-hydroxylation sites is 2. The minimum atomic E-state index is 0.232. The van der Waals surface area contributed by atoms with Crippen molar-refractivity contribution < 1.29 is 4.79 Å². The molecule has 0 aliphatic carbocycles. The summed E-state index contributed by atoms with van der Waals surface area (Å²) in [5, 5.41) is 9.01. The summed E-state index contributed by atoms with van der Waals surface area (Å²) in [6.07, 6.45) is 8.20. The van der Waals surface area contributed by atoms with E-state index < -0.39 is 0 Å². The van der Waals surface area contributed by atoms with Crippen molar-refractivity contribution >= 4 is 28.4 Å². The number of hydrogen-bond donors (Lipinski definition) is 0. The molecule has 0 radical (unpaired) electrons. The fourth-order valence-corrected chi connectivity index (χ4v) is 4.63. The van der Waals surface area contributed by atoms with Gasteiger partial charge in [-0.25, -0.2) is 4.98 Å². The molecule has 7 heteroatoms. The van der Waals surface area contributed by atoms with Gasteiger partial charge in [0, 0.05) is 39.0 Å². The number of carbonyl (C=O) groups excluding carboxylic acids is 1. The van der Waals surface area contributed by atoms with Crippen molar-refractivity contribution in [3.8, 4) is 0 Å². The number of nitrogens with zero attached hydrogens (tertiary/aromatic N) is 6. The van der Waals surface area contributed by atoms with Crippen LogP contribution in [0.3, 0.4) is 0 Å². The van der Waals surface area contributed by atoms with Gasteiger partial charge in [-0.2, -0.15) is 0 Å². The van der Waals surface area contributed by atoms with Crippen LogP contribution in [0.1, 0.15) is 50.8 Å². The number of rotatable bonds is 4. The molecular formula is C22H28N6O. The van der Waals surface area contributed by atoms with E-state index in [0.717, 1.165) is 67.3 Å². The minimum absolute atomic E-state index is 0.232. The molecule has 0 saturated carbocycles. The molecule has 0 atom stereocenters. The number of piperidine rings is 2. The summed E-state index contributed by atoms with van der Waals surface area (Å²) in [7, 11) is 0. The van der Waals surface area contributed by atoms with Gasteiger partial charge >= 0.3 is 0 Å². The van der Waals surface area contributed by atoms with Crippen LogP contribution >= 0.6 is 0 Å². The average molecular weight is 393 g/mol. The normalized spacial score (nSPS) is 17.9. The summed E-state index contributed by atoms with van der Waals surface area (Å²) in [4.78, 5) is 21.9. The Morgan fingerprint density at radius 1 is 0.897 bits per heavy atom. The number of likely N-dealkylation sites (tertiary alicyclic amines) is 1. The Bertz CT molecular complexity index is 1020. The molecular weight excluding hydrogens is 364 g/mol. The van der Waals surface area contributed by atoms with Crippen molar-refractivity contribution in [3.63, 3.8) is 0 Å². The van der Waals surface area contributed by atoms with E-state index in [-0.39, 0.29) is 5.91 Å². The first kappa shape index (κ1) is 18.3. The smallest absolute Gasteiger partial charge is 0.223 e. The zero-order valence-corrected chi connectivity index (χ0v) is 16.9. The van der Waals surface area contributed by atoms with E-state index in [4.69, 9.17) is 4.98 Å². The van der Waals surface area contributed by atoms with Crippen molar-refractivity contribution in [1.29, 1.82) is 0 Å². The van der Waals surface area contributed by atoms with Crippen LogP contribution in [-0.4, -0.2) is 56.6 Å². The lowest BCUT2D eigenvalue weighted by Crippen LogP contribution is -2.35. The summed E-state index contributed by atoms with van der Waals surface area (Å²) in [5.74, 6) is 2.00. The third-order valence-corrected chi connectivity index (χ3v) is 6.21.